The molecule has 2 nitrogen and oxygen atoms in total. The minimum absolute atomic E-state index is 0.401. The lowest BCUT2D eigenvalue weighted by Gasteiger charge is -2.14. The van der Waals surface area contributed by atoms with Crippen molar-refractivity contribution in [1.29, 1.82) is 5.26 Å². The molecule has 1 aromatic carbocycles. The van der Waals surface area contributed by atoms with Crippen LogP contribution in [0, 0.1) is 16.7 Å². The molecule has 0 aliphatic carbocycles. The van der Waals surface area contributed by atoms with E-state index in [1.165, 1.54) is 0 Å². The molecule has 0 heterocycles. The predicted molar refractivity (Wildman–Crippen MR) is 69.4 cm³/mol. The molecule has 0 fully saturated rings. The number of hydrogen-bond donors (Lipinski definition) is 0. The van der Waals surface area contributed by atoms with Crippen LogP contribution in [0.5, 0.6) is 0 Å². The van der Waals surface area contributed by atoms with Crippen molar-refractivity contribution in [2.75, 3.05) is 5.75 Å². The van der Waals surface area contributed by atoms with Gasteiger partial charge in [0.2, 0.25) is 0 Å². The molecule has 0 radical (unpaired) electrons. The maximum Gasteiger partial charge on any atom is 0.0684 e. The highest BCUT2D eigenvalue weighted by Crippen LogP contribution is 2.21. The lowest BCUT2D eigenvalue weighted by molar-refractivity contribution is 0.479. The standard InChI is InChI=1S/C12H14BrNOS/c1-12(2,9-14)6-7-16(15)11-5-3-4-10(13)8-11/h3-5,8H,6-7H2,1-2H3. The van der Waals surface area contributed by atoms with Crippen molar-refractivity contribution in [3.63, 3.8) is 0 Å². The summed E-state index contributed by atoms with van der Waals surface area (Å²) in [4.78, 5) is 0.808. The van der Waals surface area contributed by atoms with Gasteiger partial charge in [0, 0.05) is 15.1 Å². The number of rotatable bonds is 4. The Morgan fingerprint density at radius 1 is 1.50 bits per heavy atom. The molecular weight excluding hydrogens is 286 g/mol. The van der Waals surface area contributed by atoms with Crippen molar-refractivity contribution in [3.05, 3.63) is 28.7 Å². The maximum atomic E-state index is 11.9. The molecule has 1 rings (SSSR count). The predicted octanol–water partition coefficient (Wildman–Crippen LogP) is 3.50. The van der Waals surface area contributed by atoms with E-state index in [0.717, 1.165) is 9.37 Å². The van der Waals surface area contributed by atoms with E-state index in [0.29, 0.717) is 12.2 Å². The topological polar surface area (TPSA) is 40.9 Å². The monoisotopic (exact) mass is 299 g/mol. The second kappa shape index (κ2) is 5.60. The Hall–Kier alpha value is -0.660. The first-order valence-electron chi connectivity index (χ1n) is 5.00. The number of benzene rings is 1. The molecule has 0 aliphatic heterocycles. The smallest absolute Gasteiger partial charge is 0.0684 e. The van der Waals surface area contributed by atoms with Crippen molar-refractivity contribution in [3.8, 4) is 6.07 Å². The molecule has 0 amide bonds. The highest BCUT2D eigenvalue weighted by molar-refractivity contribution is 9.10. The normalized spacial score (nSPS) is 13.1. The van der Waals surface area contributed by atoms with Gasteiger partial charge in [-0.2, -0.15) is 5.26 Å². The van der Waals surface area contributed by atoms with E-state index in [1.807, 2.05) is 38.1 Å². The molecule has 0 saturated heterocycles. The van der Waals surface area contributed by atoms with Crippen LogP contribution in [0.2, 0.25) is 0 Å². The van der Waals surface area contributed by atoms with Crippen LogP contribution in [0.3, 0.4) is 0 Å². The van der Waals surface area contributed by atoms with Gasteiger partial charge in [0.05, 0.1) is 22.3 Å². The number of nitrogens with zero attached hydrogens (tertiary/aromatic N) is 1. The van der Waals surface area contributed by atoms with Crippen LogP contribution in [0.15, 0.2) is 33.6 Å². The summed E-state index contributed by atoms with van der Waals surface area (Å²) in [6, 6.07) is 9.69. The van der Waals surface area contributed by atoms with Crippen molar-refractivity contribution in [1.82, 2.24) is 0 Å². The molecule has 0 N–H and O–H groups in total. The van der Waals surface area contributed by atoms with Crippen LogP contribution in [0.4, 0.5) is 0 Å². The summed E-state index contributed by atoms with van der Waals surface area (Å²) in [5.41, 5.74) is -0.401. The van der Waals surface area contributed by atoms with Gasteiger partial charge in [0.25, 0.3) is 0 Å². The van der Waals surface area contributed by atoms with Gasteiger partial charge in [-0.3, -0.25) is 4.21 Å². The van der Waals surface area contributed by atoms with E-state index in [2.05, 4.69) is 22.0 Å². The van der Waals surface area contributed by atoms with Crippen molar-refractivity contribution in [2.45, 2.75) is 25.2 Å². The van der Waals surface area contributed by atoms with Crippen molar-refractivity contribution < 1.29 is 4.21 Å². The Kier molecular flexibility index (Phi) is 4.69. The summed E-state index contributed by atoms with van der Waals surface area (Å²) in [6.07, 6.45) is 0.641. The second-order valence-electron chi connectivity index (χ2n) is 4.25. The lowest BCUT2D eigenvalue weighted by atomic mass is 9.93. The molecular formula is C12H14BrNOS. The first kappa shape index (κ1) is 13.4. The molecule has 86 valence electrons. The first-order chi connectivity index (χ1) is 7.44. The lowest BCUT2D eigenvalue weighted by Crippen LogP contribution is -2.12. The fourth-order valence-electron chi connectivity index (χ4n) is 1.13. The van der Waals surface area contributed by atoms with Gasteiger partial charge < -0.3 is 0 Å². The zero-order valence-electron chi connectivity index (χ0n) is 9.37. The highest BCUT2D eigenvalue weighted by Gasteiger charge is 2.18. The molecule has 16 heavy (non-hydrogen) atoms. The third-order valence-corrected chi connectivity index (χ3v) is 4.12. The zero-order chi connectivity index (χ0) is 12.2. The molecule has 4 heteroatoms. The minimum atomic E-state index is -1.02. The van der Waals surface area contributed by atoms with Gasteiger partial charge in [-0.15, -0.1) is 0 Å². The van der Waals surface area contributed by atoms with E-state index >= 15 is 0 Å². The fraction of sp³-hybridized carbons (Fsp3) is 0.417. The highest BCUT2D eigenvalue weighted by atomic mass is 79.9. The Labute approximate surface area is 107 Å². The minimum Gasteiger partial charge on any atom is -0.254 e. The summed E-state index contributed by atoms with van der Waals surface area (Å²) in [5.74, 6) is 0.525. The Balaban J connectivity index is 2.64. The van der Waals surface area contributed by atoms with E-state index in [4.69, 9.17) is 5.26 Å². The van der Waals surface area contributed by atoms with Gasteiger partial charge in [0.15, 0.2) is 0 Å². The SMILES string of the molecule is CC(C)(C#N)CCS(=O)c1cccc(Br)c1. The average molecular weight is 300 g/mol. The van der Waals surface area contributed by atoms with Gasteiger partial charge >= 0.3 is 0 Å². The summed E-state index contributed by atoms with van der Waals surface area (Å²) < 4.78 is 12.9. The van der Waals surface area contributed by atoms with Crippen molar-refractivity contribution in [2.24, 2.45) is 5.41 Å². The molecule has 0 saturated carbocycles. The van der Waals surface area contributed by atoms with Crippen LogP contribution in [0.1, 0.15) is 20.3 Å². The van der Waals surface area contributed by atoms with E-state index in [9.17, 15) is 4.21 Å². The van der Waals surface area contributed by atoms with Crippen LogP contribution in [-0.4, -0.2) is 9.96 Å². The fourth-order valence-corrected chi connectivity index (χ4v) is 3.10. The zero-order valence-corrected chi connectivity index (χ0v) is 11.8. The van der Waals surface area contributed by atoms with Crippen molar-refractivity contribution >= 4 is 26.7 Å². The number of nitriles is 1. The van der Waals surface area contributed by atoms with Gasteiger partial charge in [-0.05, 0) is 38.5 Å². The van der Waals surface area contributed by atoms with Crippen LogP contribution >= 0.6 is 15.9 Å². The van der Waals surface area contributed by atoms with E-state index < -0.39 is 16.2 Å². The van der Waals surface area contributed by atoms with Crippen LogP contribution in [0.25, 0.3) is 0 Å². The quantitative estimate of drug-likeness (QED) is 0.854. The van der Waals surface area contributed by atoms with E-state index in [1.54, 1.807) is 0 Å². The first-order valence-corrected chi connectivity index (χ1v) is 7.11. The Morgan fingerprint density at radius 2 is 2.19 bits per heavy atom. The van der Waals surface area contributed by atoms with Crippen LogP contribution < -0.4 is 0 Å². The third-order valence-electron chi connectivity index (χ3n) is 2.27. The number of hydrogen-bond acceptors (Lipinski definition) is 2. The van der Waals surface area contributed by atoms with Gasteiger partial charge in [-0.25, -0.2) is 0 Å². The largest absolute Gasteiger partial charge is 0.254 e. The average Bonchev–Trinajstić information content (AvgIpc) is 2.26. The molecule has 0 aliphatic rings. The summed E-state index contributed by atoms with van der Waals surface area (Å²) in [6.45, 7) is 3.73. The second-order valence-corrected chi connectivity index (χ2v) is 6.74. The Morgan fingerprint density at radius 3 is 2.75 bits per heavy atom. The maximum absolute atomic E-state index is 11.9. The molecule has 0 aromatic heterocycles. The van der Waals surface area contributed by atoms with Gasteiger partial charge in [-0.1, -0.05) is 22.0 Å². The molecule has 1 aromatic rings. The summed E-state index contributed by atoms with van der Waals surface area (Å²) in [7, 11) is -1.02. The van der Waals surface area contributed by atoms with Gasteiger partial charge in [0.1, 0.15) is 0 Å². The molecule has 0 spiro atoms. The summed E-state index contributed by atoms with van der Waals surface area (Å²) >= 11 is 3.35. The molecule has 1 atom stereocenters. The molecule has 0 bridgehead atoms. The van der Waals surface area contributed by atoms with E-state index in [-0.39, 0.29) is 0 Å². The Bertz CT molecular complexity index is 437. The number of halogens is 1. The summed E-state index contributed by atoms with van der Waals surface area (Å²) in [5, 5.41) is 8.87. The van der Waals surface area contributed by atoms with Crippen LogP contribution in [-0.2, 0) is 10.8 Å². The molecule has 1 unspecified atom stereocenters. The third kappa shape index (κ3) is 4.07.